The molecule has 0 aromatic heterocycles. The summed E-state index contributed by atoms with van der Waals surface area (Å²) in [5.74, 6) is 0. The van der Waals surface area contributed by atoms with Crippen LogP contribution in [0.3, 0.4) is 0 Å². The lowest BCUT2D eigenvalue weighted by Gasteiger charge is -2.24. The van der Waals surface area contributed by atoms with Crippen molar-refractivity contribution in [3.63, 3.8) is 0 Å². The number of nitrogens with zero attached hydrogens (tertiary/aromatic N) is 2. The molecular formula is C9H16N2O3. The van der Waals surface area contributed by atoms with E-state index in [1.807, 2.05) is 20.8 Å². The van der Waals surface area contributed by atoms with E-state index in [1.165, 1.54) is 4.90 Å². The summed E-state index contributed by atoms with van der Waals surface area (Å²) in [6.45, 7) is 6.40. The fourth-order valence-electron chi connectivity index (χ4n) is 1.32. The molecule has 1 heterocycles. The molecule has 0 bridgehead atoms. The number of carbonyl (C=O) groups is 1. The Morgan fingerprint density at radius 2 is 2.14 bits per heavy atom. The Morgan fingerprint density at radius 3 is 2.57 bits per heavy atom. The molecule has 1 atom stereocenters. The fraction of sp³-hybridized carbons (Fsp3) is 0.889. The van der Waals surface area contributed by atoms with Gasteiger partial charge < -0.3 is 9.64 Å². The van der Waals surface area contributed by atoms with Gasteiger partial charge in [0.05, 0.1) is 0 Å². The van der Waals surface area contributed by atoms with E-state index in [1.54, 1.807) is 0 Å². The highest BCUT2D eigenvalue weighted by atomic mass is 16.6. The number of rotatable bonds is 1. The molecule has 1 amide bonds. The number of hydrogen-bond donors (Lipinski definition) is 0. The molecule has 14 heavy (non-hydrogen) atoms. The fourth-order valence-corrected chi connectivity index (χ4v) is 1.32. The number of ether oxygens (including phenoxy) is 1. The van der Waals surface area contributed by atoms with Crippen LogP contribution in [0.15, 0.2) is 5.18 Å². The normalized spacial score (nSPS) is 22.2. The van der Waals surface area contributed by atoms with Gasteiger partial charge in [0, 0.05) is 13.1 Å². The molecule has 1 aliphatic heterocycles. The van der Waals surface area contributed by atoms with Crippen LogP contribution in [0.5, 0.6) is 0 Å². The summed E-state index contributed by atoms with van der Waals surface area (Å²) in [7, 11) is 0. The summed E-state index contributed by atoms with van der Waals surface area (Å²) in [5, 5.41) is 2.92. The van der Waals surface area contributed by atoms with Crippen LogP contribution in [-0.2, 0) is 4.74 Å². The van der Waals surface area contributed by atoms with Gasteiger partial charge in [-0.05, 0) is 27.2 Å². The van der Waals surface area contributed by atoms with Gasteiger partial charge in [0.2, 0.25) is 0 Å². The topological polar surface area (TPSA) is 59.0 Å². The van der Waals surface area contributed by atoms with Gasteiger partial charge in [-0.1, -0.05) is 5.18 Å². The SMILES string of the molecule is CC(C)(C)OC(=O)N1CCC(N=O)C1. The third kappa shape index (κ3) is 2.97. The van der Waals surface area contributed by atoms with E-state index in [4.69, 9.17) is 4.74 Å². The molecule has 5 heteroatoms. The minimum absolute atomic E-state index is 0.262. The third-order valence-electron chi connectivity index (χ3n) is 1.96. The molecular weight excluding hydrogens is 184 g/mol. The first kappa shape index (κ1) is 10.9. The second kappa shape index (κ2) is 3.94. The number of likely N-dealkylation sites (tertiary alicyclic amines) is 1. The Morgan fingerprint density at radius 1 is 1.50 bits per heavy atom. The van der Waals surface area contributed by atoms with E-state index in [0.29, 0.717) is 19.5 Å². The predicted octanol–water partition coefficient (Wildman–Crippen LogP) is 1.76. The standard InChI is InChI=1S/C9H16N2O3/c1-9(2,3)14-8(12)11-5-4-7(6-11)10-13/h7H,4-6H2,1-3H3. The molecule has 0 aliphatic carbocycles. The number of amides is 1. The van der Waals surface area contributed by atoms with Crippen molar-refractivity contribution in [2.24, 2.45) is 5.18 Å². The van der Waals surface area contributed by atoms with E-state index < -0.39 is 5.60 Å². The summed E-state index contributed by atoms with van der Waals surface area (Å²) < 4.78 is 5.16. The highest BCUT2D eigenvalue weighted by Crippen LogP contribution is 2.16. The van der Waals surface area contributed by atoms with Crippen LogP contribution in [-0.4, -0.2) is 35.7 Å². The zero-order chi connectivity index (χ0) is 10.8. The van der Waals surface area contributed by atoms with Crippen molar-refractivity contribution in [1.82, 2.24) is 4.90 Å². The average molecular weight is 200 g/mol. The lowest BCUT2D eigenvalue weighted by molar-refractivity contribution is 0.0293. The van der Waals surface area contributed by atoms with Crippen molar-refractivity contribution in [2.45, 2.75) is 38.8 Å². The van der Waals surface area contributed by atoms with Crippen molar-refractivity contribution in [3.05, 3.63) is 4.91 Å². The molecule has 80 valence electrons. The van der Waals surface area contributed by atoms with E-state index in [0.717, 1.165) is 0 Å². The molecule has 1 rings (SSSR count). The third-order valence-corrected chi connectivity index (χ3v) is 1.96. The molecule has 1 unspecified atom stereocenters. The van der Waals surface area contributed by atoms with Crippen molar-refractivity contribution in [2.75, 3.05) is 13.1 Å². The van der Waals surface area contributed by atoms with E-state index in [9.17, 15) is 9.70 Å². The highest BCUT2D eigenvalue weighted by Gasteiger charge is 2.30. The second-order valence-electron chi connectivity index (χ2n) is 4.47. The quantitative estimate of drug-likeness (QED) is 0.606. The van der Waals surface area contributed by atoms with Gasteiger partial charge in [-0.2, -0.15) is 4.91 Å². The summed E-state index contributed by atoms with van der Waals surface area (Å²) in [4.78, 5) is 23.2. The number of nitroso groups, excluding NO2 is 1. The lowest BCUT2D eigenvalue weighted by Crippen LogP contribution is -2.35. The monoisotopic (exact) mass is 200 g/mol. The Labute approximate surface area is 83.4 Å². The average Bonchev–Trinajstić information content (AvgIpc) is 2.48. The maximum absolute atomic E-state index is 11.5. The minimum Gasteiger partial charge on any atom is -0.444 e. The van der Waals surface area contributed by atoms with Crippen LogP contribution in [0.2, 0.25) is 0 Å². The maximum Gasteiger partial charge on any atom is 0.410 e. The van der Waals surface area contributed by atoms with Gasteiger partial charge in [0.1, 0.15) is 11.6 Å². The van der Waals surface area contributed by atoms with Crippen LogP contribution in [0, 0.1) is 4.91 Å². The van der Waals surface area contributed by atoms with Crippen molar-refractivity contribution in [1.29, 1.82) is 0 Å². The van der Waals surface area contributed by atoms with Crippen molar-refractivity contribution < 1.29 is 9.53 Å². The van der Waals surface area contributed by atoms with Crippen LogP contribution >= 0.6 is 0 Å². The van der Waals surface area contributed by atoms with Gasteiger partial charge >= 0.3 is 6.09 Å². The highest BCUT2D eigenvalue weighted by molar-refractivity contribution is 5.68. The van der Waals surface area contributed by atoms with Crippen LogP contribution < -0.4 is 0 Å². The molecule has 1 fully saturated rings. The summed E-state index contributed by atoms with van der Waals surface area (Å²) in [6.07, 6.45) is 0.284. The van der Waals surface area contributed by atoms with Crippen LogP contribution in [0.1, 0.15) is 27.2 Å². The Hall–Kier alpha value is -1.13. The first-order chi connectivity index (χ1) is 6.42. The largest absolute Gasteiger partial charge is 0.444 e. The smallest absolute Gasteiger partial charge is 0.410 e. The molecule has 5 nitrogen and oxygen atoms in total. The predicted molar refractivity (Wildman–Crippen MR) is 52.0 cm³/mol. The molecule has 0 radical (unpaired) electrons. The molecule has 0 aromatic carbocycles. The van der Waals surface area contributed by atoms with Crippen LogP contribution in [0.25, 0.3) is 0 Å². The van der Waals surface area contributed by atoms with E-state index >= 15 is 0 Å². The molecule has 1 aliphatic rings. The molecule has 0 N–H and O–H groups in total. The van der Waals surface area contributed by atoms with E-state index in [2.05, 4.69) is 5.18 Å². The van der Waals surface area contributed by atoms with Gasteiger partial charge in [-0.25, -0.2) is 4.79 Å². The Bertz CT molecular complexity index is 235. The van der Waals surface area contributed by atoms with Gasteiger partial charge in [-0.3, -0.25) is 0 Å². The van der Waals surface area contributed by atoms with Gasteiger partial charge in [-0.15, -0.1) is 0 Å². The summed E-state index contributed by atoms with van der Waals surface area (Å²) in [5.41, 5.74) is -0.482. The second-order valence-corrected chi connectivity index (χ2v) is 4.47. The lowest BCUT2D eigenvalue weighted by atomic mass is 10.2. The Kier molecular flexibility index (Phi) is 3.08. The molecule has 0 spiro atoms. The van der Waals surface area contributed by atoms with Crippen molar-refractivity contribution >= 4 is 6.09 Å². The first-order valence-corrected chi connectivity index (χ1v) is 4.73. The minimum atomic E-state index is -0.482. The summed E-state index contributed by atoms with van der Waals surface area (Å²) >= 11 is 0. The van der Waals surface area contributed by atoms with E-state index in [-0.39, 0.29) is 12.1 Å². The molecule has 1 saturated heterocycles. The number of carbonyl (C=O) groups excluding carboxylic acids is 1. The van der Waals surface area contributed by atoms with Gasteiger partial charge in [0.15, 0.2) is 0 Å². The van der Waals surface area contributed by atoms with Crippen molar-refractivity contribution in [3.8, 4) is 0 Å². The molecule has 0 aromatic rings. The Balaban J connectivity index is 2.43. The first-order valence-electron chi connectivity index (χ1n) is 4.73. The summed E-state index contributed by atoms with van der Waals surface area (Å²) in [6, 6.07) is -0.262. The zero-order valence-corrected chi connectivity index (χ0v) is 8.82. The van der Waals surface area contributed by atoms with Crippen LogP contribution in [0.4, 0.5) is 4.79 Å². The molecule has 0 saturated carbocycles. The maximum atomic E-state index is 11.5. The number of hydrogen-bond acceptors (Lipinski definition) is 4. The zero-order valence-electron chi connectivity index (χ0n) is 8.82. The van der Waals surface area contributed by atoms with Gasteiger partial charge in [0.25, 0.3) is 0 Å².